The topological polar surface area (TPSA) is 109 Å². The highest BCUT2D eigenvalue weighted by Gasteiger charge is 2.22. The summed E-state index contributed by atoms with van der Waals surface area (Å²) in [5, 5.41) is 8.07. The molecule has 2 aliphatic rings. The van der Waals surface area contributed by atoms with Gasteiger partial charge in [0.1, 0.15) is 6.54 Å². The number of carbonyl (C=O) groups excluding carboxylic acids is 3. The highest BCUT2D eigenvalue weighted by molar-refractivity contribution is 6.02. The fourth-order valence-corrected chi connectivity index (χ4v) is 3.68. The van der Waals surface area contributed by atoms with Gasteiger partial charge >= 0.3 is 12.0 Å². The summed E-state index contributed by atoms with van der Waals surface area (Å²) in [5.74, 6) is -0.700. The normalized spacial score (nSPS) is 18.2. The fourth-order valence-electron chi connectivity index (χ4n) is 3.68. The van der Waals surface area contributed by atoms with Gasteiger partial charge < -0.3 is 30.3 Å². The first kappa shape index (κ1) is 21.9. The van der Waals surface area contributed by atoms with Crippen molar-refractivity contribution in [1.29, 1.82) is 0 Å². The van der Waals surface area contributed by atoms with Crippen LogP contribution in [-0.4, -0.2) is 63.4 Å². The average molecular weight is 418 g/mol. The summed E-state index contributed by atoms with van der Waals surface area (Å²) in [6.07, 6.45) is 4.20. The zero-order valence-corrected chi connectivity index (χ0v) is 17.4. The highest BCUT2D eigenvalue weighted by Crippen LogP contribution is 2.27. The maximum absolute atomic E-state index is 12.9. The van der Waals surface area contributed by atoms with Crippen LogP contribution in [-0.2, 0) is 14.3 Å². The number of nitrogens with zero attached hydrogens (tertiary/aromatic N) is 1. The van der Waals surface area contributed by atoms with Gasteiger partial charge in [0.25, 0.3) is 5.91 Å². The summed E-state index contributed by atoms with van der Waals surface area (Å²) in [4.78, 5) is 38.6. The molecule has 3 N–H and O–H groups in total. The Morgan fingerprint density at radius 2 is 1.97 bits per heavy atom. The minimum Gasteiger partial charge on any atom is -0.465 e. The zero-order valence-electron chi connectivity index (χ0n) is 17.4. The van der Waals surface area contributed by atoms with E-state index in [4.69, 9.17) is 9.47 Å². The van der Waals surface area contributed by atoms with Crippen molar-refractivity contribution in [2.24, 2.45) is 0 Å². The Labute approximate surface area is 176 Å². The molecule has 3 amide bonds. The summed E-state index contributed by atoms with van der Waals surface area (Å²) in [5.41, 5.74) is 1.84. The predicted molar refractivity (Wildman–Crippen MR) is 113 cm³/mol. The van der Waals surface area contributed by atoms with E-state index in [1.165, 1.54) is 0 Å². The van der Waals surface area contributed by atoms with Gasteiger partial charge in [-0.2, -0.15) is 0 Å². The zero-order chi connectivity index (χ0) is 21.3. The molecule has 3 rings (SSSR count). The summed E-state index contributed by atoms with van der Waals surface area (Å²) in [6.45, 7) is 4.74. The third-order valence-corrected chi connectivity index (χ3v) is 5.16. The molecule has 1 atom stereocenters. The lowest BCUT2D eigenvalue weighted by Gasteiger charge is -2.22. The summed E-state index contributed by atoms with van der Waals surface area (Å²) < 4.78 is 10.4. The van der Waals surface area contributed by atoms with Crippen molar-refractivity contribution >= 4 is 29.3 Å². The van der Waals surface area contributed by atoms with Crippen LogP contribution in [0.2, 0.25) is 0 Å². The van der Waals surface area contributed by atoms with Gasteiger partial charge in [-0.25, -0.2) is 4.79 Å². The first-order valence-corrected chi connectivity index (χ1v) is 10.6. The van der Waals surface area contributed by atoms with Crippen molar-refractivity contribution in [3.63, 3.8) is 0 Å². The van der Waals surface area contributed by atoms with Gasteiger partial charge in [0.15, 0.2) is 0 Å². The van der Waals surface area contributed by atoms with Crippen LogP contribution in [0.4, 0.5) is 16.2 Å². The number of ether oxygens (including phenoxy) is 2. The molecule has 30 heavy (non-hydrogen) atoms. The fraction of sp³-hybridized carbons (Fsp3) is 0.571. The summed E-state index contributed by atoms with van der Waals surface area (Å²) in [7, 11) is 0. The Balaban J connectivity index is 1.67. The second-order valence-corrected chi connectivity index (χ2v) is 7.38. The molecule has 2 fully saturated rings. The Morgan fingerprint density at radius 3 is 2.67 bits per heavy atom. The maximum Gasteiger partial charge on any atom is 0.325 e. The van der Waals surface area contributed by atoms with Crippen LogP contribution in [0.3, 0.4) is 0 Å². The van der Waals surface area contributed by atoms with Crippen molar-refractivity contribution in [2.45, 2.75) is 38.7 Å². The molecule has 164 valence electrons. The minimum atomic E-state index is -0.539. The molecule has 2 aliphatic heterocycles. The monoisotopic (exact) mass is 418 g/mol. The van der Waals surface area contributed by atoms with E-state index in [-0.39, 0.29) is 25.2 Å². The predicted octanol–water partition coefficient (Wildman–Crippen LogP) is 1.88. The number of urea groups is 1. The molecule has 2 heterocycles. The van der Waals surface area contributed by atoms with Crippen molar-refractivity contribution in [1.82, 2.24) is 10.6 Å². The van der Waals surface area contributed by atoms with E-state index >= 15 is 0 Å². The number of carbonyl (C=O) groups is 3. The van der Waals surface area contributed by atoms with Gasteiger partial charge in [-0.15, -0.1) is 0 Å². The molecule has 1 unspecified atom stereocenters. The van der Waals surface area contributed by atoms with Gasteiger partial charge in [0.05, 0.1) is 18.3 Å². The lowest BCUT2D eigenvalue weighted by molar-refractivity contribution is -0.141. The van der Waals surface area contributed by atoms with E-state index in [0.717, 1.165) is 51.1 Å². The summed E-state index contributed by atoms with van der Waals surface area (Å²) in [6, 6.07) is 4.74. The average Bonchev–Trinajstić information content (AvgIpc) is 3.45. The van der Waals surface area contributed by atoms with Crippen molar-refractivity contribution in [3.8, 4) is 0 Å². The van der Waals surface area contributed by atoms with Crippen LogP contribution in [0.25, 0.3) is 0 Å². The van der Waals surface area contributed by atoms with E-state index in [0.29, 0.717) is 17.8 Å². The molecule has 0 radical (unpaired) electrons. The Kier molecular flexibility index (Phi) is 7.89. The molecule has 1 aromatic rings. The lowest BCUT2D eigenvalue weighted by Crippen LogP contribution is -2.35. The van der Waals surface area contributed by atoms with Crippen LogP contribution in [0, 0.1) is 0 Å². The summed E-state index contributed by atoms with van der Waals surface area (Å²) >= 11 is 0. The van der Waals surface area contributed by atoms with Gasteiger partial charge in [0.2, 0.25) is 0 Å². The molecule has 0 spiro atoms. The largest absolute Gasteiger partial charge is 0.465 e. The molecule has 2 saturated heterocycles. The lowest BCUT2D eigenvalue weighted by atomic mass is 10.1. The third-order valence-electron chi connectivity index (χ3n) is 5.16. The van der Waals surface area contributed by atoms with Crippen LogP contribution in [0.15, 0.2) is 18.2 Å². The Morgan fingerprint density at radius 1 is 1.17 bits per heavy atom. The third kappa shape index (κ3) is 6.09. The maximum atomic E-state index is 12.9. The molecule has 9 nitrogen and oxygen atoms in total. The first-order chi connectivity index (χ1) is 14.6. The number of benzene rings is 1. The van der Waals surface area contributed by atoms with Gasteiger partial charge in [-0.05, 0) is 50.8 Å². The van der Waals surface area contributed by atoms with Crippen LogP contribution in [0.5, 0.6) is 0 Å². The second kappa shape index (κ2) is 10.8. The number of esters is 1. The number of hydrogen-bond acceptors (Lipinski definition) is 6. The number of amides is 3. The number of rotatable bonds is 8. The molecule has 0 saturated carbocycles. The number of nitrogens with one attached hydrogen (secondary N) is 3. The smallest absolute Gasteiger partial charge is 0.325 e. The van der Waals surface area contributed by atoms with Crippen LogP contribution < -0.4 is 20.9 Å². The molecule has 0 aromatic heterocycles. The van der Waals surface area contributed by atoms with Crippen molar-refractivity contribution in [2.75, 3.05) is 49.6 Å². The molecule has 0 bridgehead atoms. The number of anilines is 2. The van der Waals surface area contributed by atoms with Crippen LogP contribution >= 0.6 is 0 Å². The van der Waals surface area contributed by atoms with Crippen molar-refractivity contribution in [3.05, 3.63) is 23.8 Å². The molecule has 1 aromatic carbocycles. The first-order valence-electron chi connectivity index (χ1n) is 10.6. The Bertz CT molecular complexity index is 758. The minimum absolute atomic E-state index is 0.0548. The van der Waals surface area contributed by atoms with Crippen LogP contribution in [0.1, 0.15) is 43.0 Å². The quantitative estimate of drug-likeness (QED) is 0.556. The van der Waals surface area contributed by atoms with E-state index < -0.39 is 12.0 Å². The molecular formula is C21H30N4O5. The second-order valence-electron chi connectivity index (χ2n) is 7.38. The molecule has 9 heteroatoms. The Hall–Kier alpha value is -2.81. The molecular weight excluding hydrogens is 388 g/mol. The standard InChI is InChI=1S/C21H30N4O5/c1-2-29-19(26)14-23-21(28)24-15-7-8-18(25-9-3-4-10-25)17(12-15)20(27)22-13-16-6-5-11-30-16/h7-8,12,16H,2-6,9-11,13-14H2,1H3,(H,22,27)(H2,23,24,28). The molecule has 0 aliphatic carbocycles. The van der Waals surface area contributed by atoms with Crippen molar-refractivity contribution < 1.29 is 23.9 Å². The van der Waals surface area contributed by atoms with E-state index in [2.05, 4.69) is 20.9 Å². The van der Waals surface area contributed by atoms with Gasteiger partial charge in [-0.1, -0.05) is 0 Å². The number of hydrogen-bond donors (Lipinski definition) is 3. The highest BCUT2D eigenvalue weighted by atomic mass is 16.5. The van der Waals surface area contributed by atoms with E-state index in [1.807, 2.05) is 6.07 Å². The van der Waals surface area contributed by atoms with Gasteiger partial charge in [-0.3, -0.25) is 9.59 Å². The van der Waals surface area contributed by atoms with E-state index in [1.54, 1.807) is 19.1 Å². The SMILES string of the molecule is CCOC(=O)CNC(=O)Nc1ccc(N2CCCC2)c(C(=O)NCC2CCCO2)c1. The van der Waals surface area contributed by atoms with E-state index in [9.17, 15) is 14.4 Å². The van der Waals surface area contributed by atoms with Gasteiger partial charge in [0, 0.05) is 37.6 Å².